The number of amides is 2. The zero-order valence-electron chi connectivity index (χ0n) is 14.0. The lowest BCUT2D eigenvalue weighted by atomic mass is 10.2. The van der Waals surface area contributed by atoms with Crippen molar-refractivity contribution in [3.8, 4) is 0 Å². The Morgan fingerprint density at radius 2 is 1.85 bits per heavy atom. The van der Waals surface area contributed by atoms with Crippen LogP contribution in [0.2, 0.25) is 0 Å². The van der Waals surface area contributed by atoms with E-state index in [0.717, 1.165) is 28.7 Å². The number of carbonyl (C=O) groups is 1. The summed E-state index contributed by atoms with van der Waals surface area (Å²) in [6.07, 6.45) is 1.83. The predicted octanol–water partition coefficient (Wildman–Crippen LogP) is 3.80. The van der Waals surface area contributed by atoms with Crippen LogP contribution in [0.5, 0.6) is 0 Å². The Kier molecular flexibility index (Phi) is 4.20. The maximum Gasteiger partial charge on any atom is 0.321 e. The van der Waals surface area contributed by atoms with Gasteiger partial charge in [-0.2, -0.15) is 0 Å². The molecule has 134 valence electrons. The molecule has 2 aromatic carbocycles. The summed E-state index contributed by atoms with van der Waals surface area (Å²) in [7, 11) is 0. The normalized spacial score (nSPS) is 14.7. The highest BCUT2D eigenvalue weighted by molar-refractivity contribution is 6.00. The molecular weight excluding hydrogens is 338 g/mol. The Morgan fingerprint density at radius 3 is 2.65 bits per heavy atom. The molecule has 0 unspecified atom stereocenters. The lowest BCUT2D eigenvalue weighted by Gasteiger charge is -2.36. The second-order valence-electron chi connectivity index (χ2n) is 6.24. The van der Waals surface area contributed by atoms with Gasteiger partial charge in [-0.05, 0) is 30.3 Å². The van der Waals surface area contributed by atoms with Crippen molar-refractivity contribution in [3.05, 3.63) is 60.3 Å². The molecule has 0 saturated carbocycles. The number of rotatable bonds is 2. The van der Waals surface area contributed by atoms with Gasteiger partial charge in [-0.3, -0.25) is 0 Å². The monoisotopic (exact) mass is 356 g/mol. The highest BCUT2D eigenvalue weighted by Gasteiger charge is 2.23. The van der Waals surface area contributed by atoms with Crippen molar-refractivity contribution in [2.75, 3.05) is 36.4 Å². The number of fused-ring (bicyclic) bond motifs is 1. The summed E-state index contributed by atoms with van der Waals surface area (Å²) >= 11 is 0. The van der Waals surface area contributed by atoms with Gasteiger partial charge in [-0.25, -0.2) is 13.6 Å². The number of aromatic amines is 1. The summed E-state index contributed by atoms with van der Waals surface area (Å²) in [6, 6.07) is 10.8. The number of nitrogens with one attached hydrogen (secondary N) is 2. The fourth-order valence-electron chi connectivity index (χ4n) is 3.27. The lowest BCUT2D eigenvalue weighted by molar-refractivity contribution is 0.208. The number of hydrogen-bond acceptors (Lipinski definition) is 2. The first-order chi connectivity index (χ1) is 12.6. The van der Waals surface area contributed by atoms with E-state index < -0.39 is 11.6 Å². The zero-order valence-corrected chi connectivity index (χ0v) is 14.0. The van der Waals surface area contributed by atoms with Gasteiger partial charge >= 0.3 is 6.03 Å². The van der Waals surface area contributed by atoms with Crippen LogP contribution < -0.4 is 10.2 Å². The van der Waals surface area contributed by atoms with E-state index in [1.54, 1.807) is 9.80 Å². The maximum atomic E-state index is 13.9. The Morgan fingerprint density at radius 1 is 1.04 bits per heavy atom. The van der Waals surface area contributed by atoms with E-state index in [1.807, 2.05) is 30.5 Å². The first-order valence-corrected chi connectivity index (χ1v) is 8.44. The molecule has 0 aliphatic carbocycles. The molecular formula is C19H18F2N4O. The van der Waals surface area contributed by atoms with Crippen LogP contribution in [0.15, 0.2) is 48.7 Å². The SMILES string of the molecule is O=C(Nc1cccc2[nH]ccc12)N1CCN(c2cc(F)ccc2F)CC1. The van der Waals surface area contributed by atoms with E-state index in [2.05, 4.69) is 10.3 Å². The van der Waals surface area contributed by atoms with E-state index >= 15 is 0 Å². The molecule has 2 N–H and O–H groups in total. The molecule has 3 aromatic rings. The first kappa shape index (κ1) is 16.4. The number of aromatic nitrogens is 1. The van der Waals surface area contributed by atoms with E-state index in [-0.39, 0.29) is 11.7 Å². The molecule has 5 nitrogen and oxygen atoms in total. The second kappa shape index (κ2) is 6.67. The molecule has 1 fully saturated rings. The van der Waals surface area contributed by atoms with Crippen molar-refractivity contribution >= 4 is 28.3 Å². The maximum absolute atomic E-state index is 13.9. The summed E-state index contributed by atoms with van der Waals surface area (Å²) in [4.78, 5) is 19.1. The van der Waals surface area contributed by atoms with Crippen LogP contribution in [0, 0.1) is 11.6 Å². The minimum atomic E-state index is -0.471. The van der Waals surface area contributed by atoms with Crippen molar-refractivity contribution in [1.82, 2.24) is 9.88 Å². The standard InChI is InChI=1S/C19H18F2N4O/c20-13-4-5-15(21)18(12-13)24-8-10-25(11-9-24)19(26)23-17-3-1-2-16-14(17)6-7-22-16/h1-7,12,22H,8-11H2,(H,23,26). The number of benzene rings is 2. The van der Waals surface area contributed by atoms with Gasteiger partial charge in [0, 0.05) is 49.3 Å². The summed E-state index contributed by atoms with van der Waals surface area (Å²) < 4.78 is 27.3. The molecule has 0 radical (unpaired) electrons. The first-order valence-electron chi connectivity index (χ1n) is 8.44. The molecule has 1 aromatic heterocycles. The molecule has 4 rings (SSSR count). The Bertz CT molecular complexity index is 948. The second-order valence-corrected chi connectivity index (χ2v) is 6.24. The number of nitrogens with zero attached hydrogens (tertiary/aromatic N) is 2. The van der Waals surface area contributed by atoms with Crippen molar-refractivity contribution in [2.45, 2.75) is 0 Å². The molecule has 1 aliphatic heterocycles. The van der Waals surface area contributed by atoms with Gasteiger partial charge in [0.2, 0.25) is 0 Å². The summed E-state index contributed by atoms with van der Waals surface area (Å²) in [5.41, 5.74) is 1.93. The van der Waals surface area contributed by atoms with Crippen LogP contribution >= 0.6 is 0 Å². The van der Waals surface area contributed by atoms with Gasteiger partial charge in [-0.15, -0.1) is 0 Å². The fourth-order valence-corrected chi connectivity index (χ4v) is 3.27. The highest BCUT2D eigenvalue weighted by Crippen LogP contribution is 2.24. The smallest absolute Gasteiger partial charge is 0.321 e. The summed E-state index contributed by atoms with van der Waals surface area (Å²) in [5.74, 6) is -0.926. The minimum absolute atomic E-state index is 0.196. The average Bonchev–Trinajstić information content (AvgIpc) is 3.14. The number of carbonyl (C=O) groups excluding carboxylic acids is 1. The van der Waals surface area contributed by atoms with E-state index in [9.17, 15) is 13.6 Å². The summed E-state index contributed by atoms with van der Waals surface area (Å²) in [6.45, 7) is 1.76. The van der Waals surface area contributed by atoms with Crippen LogP contribution in [0.4, 0.5) is 25.0 Å². The third-order valence-corrected chi connectivity index (χ3v) is 4.65. The van der Waals surface area contributed by atoms with E-state index in [4.69, 9.17) is 0 Å². The van der Waals surface area contributed by atoms with Crippen molar-refractivity contribution in [3.63, 3.8) is 0 Å². The molecule has 1 aliphatic rings. The van der Waals surface area contributed by atoms with Crippen LogP contribution in [0.25, 0.3) is 10.9 Å². The number of piperazine rings is 1. The van der Waals surface area contributed by atoms with Gasteiger partial charge in [-0.1, -0.05) is 6.07 Å². The number of hydrogen-bond donors (Lipinski definition) is 2. The van der Waals surface area contributed by atoms with Crippen molar-refractivity contribution in [2.24, 2.45) is 0 Å². The Balaban J connectivity index is 1.42. The quantitative estimate of drug-likeness (QED) is 0.734. The van der Waals surface area contributed by atoms with Crippen molar-refractivity contribution in [1.29, 1.82) is 0 Å². The molecule has 2 heterocycles. The Hall–Kier alpha value is -3.09. The molecule has 1 saturated heterocycles. The number of H-pyrrole nitrogens is 1. The fraction of sp³-hybridized carbons (Fsp3) is 0.211. The largest absolute Gasteiger partial charge is 0.366 e. The predicted molar refractivity (Wildman–Crippen MR) is 97.5 cm³/mol. The number of urea groups is 1. The van der Waals surface area contributed by atoms with E-state index in [0.29, 0.717) is 26.2 Å². The zero-order chi connectivity index (χ0) is 18.1. The topological polar surface area (TPSA) is 51.4 Å². The number of halogens is 2. The van der Waals surface area contributed by atoms with Crippen LogP contribution in [-0.2, 0) is 0 Å². The molecule has 0 atom stereocenters. The molecule has 7 heteroatoms. The molecule has 2 amide bonds. The van der Waals surface area contributed by atoms with Gasteiger partial charge < -0.3 is 20.1 Å². The molecule has 0 bridgehead atoms. The van der Waals surface area contributed by atoms with Gasteiger partial charge in [0.25, 0.3) is 0 Å². The van der Waals surface area contributed by atoms with Gasteiger partial charge in [0.15, 0.2) is 0 Å². The van der Waals surface area contributed by atoms with Crippen LogP contribution in [0.3, 0.4) is 0 Å². The number of anilines is 2. The third-order valence-electron chi connectivity index (χ3n) is 4.65. The van der Waals surface area contributed by atoms with E-state index in [1.165, 1.54) is 6.07 Å². The Labute approximate surface area is 149 Å². The minimum Gasteiger partial charge on any atom is -0.366 e. The third kappa shape index (κ3) is 3.08. The lowest BCUT2D eigenvalue weighted by Crippen LogP contribution is -2.50. The van der Waals surface area contributed by atoms with Gasteiger partial charge in [0.1, 0.15) is 11.6 Å². The molecule has 0 spiro atoms. The average molecular weight is 356 g/mol. The van der Waals surface area contributed by atoms with Crippen molar-refractivity contribution < 1.29 is 13.6 Å². The molecule has 26 heavy (non-hydrogen) atoms. The van der Waals surface area contributed by atoms with Gasteiger partial charge in [0.05, 0.1) is 11.4 Å². The van der Waals surface area contributed by atoms with Crippen LogP contribution in [-0.4, -0.2) is 42.1 Å². The van der Waals surface area contributed by atoms with Crippen LogP contribution in [0.1, 0.15) is 0 Å². The highest BCUT2D eigenvalue weighted by atomic mass is 19.1. The summed E-state index contributed by atoms with van der Waals surface area (Å²) in [5, 5.41) is 3.88.